The Hall–Kier alpha value is -1.78. The van der Waals surface area contributed by atoms with E-state index in [0.29, 0.717) is 18.2 Å². The molecule has 4 N–H and O–H groups in total. The fraction of sp³-hybridized carbons (Fsp3) is 0.364. The number of hydrogen-bond donors (Lipinski definition) is 3. The quantitative estimate of drug-likeness (QED) is 0.688. The maximum absolute atomic E-state index is 13.1. The molecule has 1 rings (SSSR count). The Bertz CT molecular complexity index is 405. The van der Waals surface area contributed by atoms with Gasteiger partial charge in [-0.3, -0.25) is 0 Å². The van der Waals surface area contributed by atoms with Crippen molar-refractivity contribution in [2.24, 2.45) is 5.92 Å². The summed E-state index contributed by atoms with van der Waals surface area (Å²) in [5.41, 5.74) is 5.20. The molecule has 0 aliphatic heterocycles. The zero-order valence-electron chi connectivity index (χ0n) is 9.25. The van der Waals surface area contributed by atoms with Crippen molar-refractivity contribution in [3.05, 3.63) is 23.5 Å². The minimum absolute atomic E-state index is 0.208. The highest BCUT2D eigenvalue weighted by atomic mass is 19.1. The van der Waals surface area contributed by atoms with Crippen LogP contribution in [0.5, 0.6) is 0 Å². The van der Waals surface area contributed by atoms with E-state index in [1.807, 2.05) is 13.8 Å². The molecule has 5 heteroatoms. The molecular weight excluding hydrogens is 211 g/mol. The van der Waals surface area contributed by atoms with Gasteiger partial charge in [0.15, 0.2) is 0 Å². The van der Waals surface area contributed by atoms with Crippen LogP contribution in [0.3, 0.4) is 0 Å². The predicted octanol–water partition coefficient (Wildman–Crippen LogP) is 2.17. The SMILES string of the molecule is CC(C)CNc1ccc(F)c(N)c1C(=O)O. The second-order valence-corrected chi connectivity index (χ2v) is 3.96. The third-order valence-electron chi connectivity index (χ3n) is 2.11. The van der Waals surface area contributed by atoms with E-state index in [4.69, 9.17) is 10.8 Å². The van der Waals surface area contributed by atoms with Gasteiger partial charge in [-0.1, -0.05) is 13.8 Å². The van der Waals surface area contributed by atoms with Crippen molar-refractivity contribution in [1.29, 1.82) is 0 Å². The van der Waals surface area contributed by atoms with E-state index in [0.717, 1.165) is 6.07 Å². The fourth-order valence-electron chi connectivity index (χ4n) is 1.29. The van der Waals surface area contributed by atoms with Crippen LogP contribution in [0.1, 0.15) is 24.2 Å². The topological polar surface area (TPSA) is 75.3 Å². The van der Waals surface area contributed by atoms with E-state index in [1.165, 1.54) is 6.07 Å². The van der Waals surface area contributed by atoms with Gasteiger partial charge in [-0.15, -0.1) is 0 Å². The highest BCUT2D eigenvalue weighted by molar-refractivity contribution is 6.00. The van der Waals surface area contributed by atoms with E-state index in [-0.39, 0.29) is 11.3 Å². The molecule has 0 fully saturated rings. The van der Waals surface area contributed by atoms with Gasteiger partial charge in [0.1, 0.15) is 11.4 Å². The summed E-state index contributed by atoms with van der Waals surface area (Å²) in [6.45, 7) is 4.58. The number of nitrogens with one attached hydrogen (secondary N) is 1. The lowest BCUT2D eigenvalue weighted by Gasteiger charge is -2.13. The summed E-state index contributed by atoms with van der Waals surface area (Å²) >= 11 is 0. The van der Waals surface area contributed by atoms with Crippen molar-refractivity contribution in [2.75, 3.05) is 17.6 Å². The molecule has 0 aliphatic carbocycles. The number of nitrogen functional groups attached to an aromatic ring is 1. The molecule has 0 heterocycles. The number of hydrogen-bond acceptors (Lipinski definition) is 3. The standard InChI is InChI=1S/C11H15FN2O2/c1-6(2)5-14-8-4-3-7(12)10(13)9(8)11(15)16/h3-4,6,14H,5,13H2,1-2H3,(H,15,16). The Labute approximate surface area is 93.3 Å². The Morgan fingerprint density at radius 1 is 1.56 bits per heavy atom. The summed E-state index contributed by atoms with van der Waals surface area (Å²) in [7, 11) is 0. The van der Waals surface area contributed by atoms with E-state index in [1.54, 1.807) is 0 Å². The van der Waals surface area contributed by atoms with E-state index >= 15 is 0 Å². The summed E-state index contributed by atoms with van der Waals surface area (Å²) in [5.74, 6) is -1.59. The summed E-state index contributed by atoms with van der Waals surface area (Å²) in [6.07, 6.45) is 0. The number of halogens is 1. The van der Waals surface area contributed by atoms with Gasteiger partial charge in [0.05, 0.1) is 11.4 Å². The van der Waals surface area contributed by atoms with Gasteiger partial charge in [-0.25, -0.2) is 9.18 Å². The van der Waals surface area contributed by atoms with Gasteiger partial charge in [0.2, 0.25) is 0 Å². The molecular formula is C11H15FN2O2. The second-order valence-electron chi connectivity index (χ2n) is 3.96. The molecule has 1 aromatic carbocycles. The predicted molar refractivity (Wildman–Crippen MR) is 61.1 cm³/mol. The van der Waals surface area contributed by atoms with Gasteiger partial charge >= 0.3 is 5.97 Å². The molecule has 88 valence electrons. The van der Waals surface area contributed by atoms with Crippen molar-refractivity contribution in [3.63, 3.8) is 0 Å². The molecule has 0 spiro atoms. The summed E-state index contributed by atoms with van der Waals surface area (Å²) in [4.78, 5) is 11.0. The van der Waals surface area contributed by atoms with Crippen molar-refractivity contribution < 1.29 is 14.3 Å². The average Bonchev–Trinajstić information content (AvgIpc) is 2.19. The van der Waals surface area contributed by atoms with Gasteiger partial charge in [-0.2, -0.15) is 0 Å². The zero-order valence-corrected chi connectivity index (χ0v) is 9.25. The largest absolute Gasteiger partial charge is 0.478 e. The number of carboxylic acids is 1. The molecule has 0 saturated heterocycles. The first-order chi connectivity index (χ1) is 7.43. The molecule has 0 aromatic heterocycles. The molecule has 0 unspecified atom stereocenters. The van der Waals surface area contributed by atoms with Crippen LogP contribution >= 0.6 is 0 Å². The number of carbonyl (C=O) groups is 1. The van der Waals surface area contributed by atoms with Crippen LogP contribution < -0.4 is 11.1 Å². The smallest absolute Gasteiger partial charge is 0.340 e. The van der Waals surface area contributed by atoms with Crippen molar-refractivity contribution in [2.45, 2.75) is 13.8 Å². The van der Waals surface area contributed by atoms with E-state index in [2.05, 4.69) is 5.32 Å². The third kappa shape index (κ3) is 2.62. The minimum atomic E-state index is -1.23. The third-order valence-corrected chi connectivity index (χ3v) is 2.11. The molecule has 0 atom stereocenters. The molecule has 0 bridgehead atoms. The second kappa shape index (κ2) is 4.83. The van der Waals surface area contributed by atoms with Crippen LogP contribution in [0.15, 0.2) is 12.1 Å². The van der Waals surface area contributed by atoms with Gasteiger partial charge < -0.3 is 16.2 Å². The Balaban J connectivity index is 3.08. The number of rotatable bonds is 4. The minimum Gasteiger partial charge on any atom is -0.478 e. The maximum Gasteiger partial charge on any atom is 0.340 e. The van der Waals surface area contributed by atoms with Crippen LogP contribution in [0.2, 0.25) is 0 Å². The molecule has 0 radical (unpaired) electrons. The number of carboxylic acid groups (broad SMARTS) is 1. The lowest BCUT2D eigenvalue weighted by molar-refractivity contribution is 0.0698. The zero-order chi connectivity index (χ0) is 12.3. The van der Waals surface area contributed by atoms with Crippen LogP contribution in [0.25, 0.3) is 0 Å². The highest BCUT2D eigenvalue weighted by Crippen LogP contribution is 2.25. The van der Waals surface area contributed by atoms with E-state index in [9.17, 15) is 9.18 Å². The summed E-state index contributed by atoms with van der Waals surface area (Å²) < 4.78 is 13.1. The Morgan fingerprint density at radius 2 is 2.19 bits per heavy atom. The summed E-state index contributed by atoms with van der Waals surface area (Å²) in [6, 6.07) is 2.54. The van der Waals surface area contributed by atoms with Crippen LogP contribution in [0.4, 0.5) is 15.8 Å². The molecule has 0 saturated carbocycles. The maximum atomic E-state index is 13.1. The van der Waals surface area contributed by atoms with Crippen molar-refractivity contribution >= 4 is 17.3 Å². The number of anilines is 2. The lowest BCUT2D eigenvalue weighted by Crippen LogP contribution is -2.14. The normalized spacial score (nSPS) is 10.5. The van der Waals surface area contributed by atoms with E-state index < -0.39 is 11.8 Å². The molecule has 4 nitrogen and oxygen atoms in total. The van der Waals surface area contributed by atoms with Crippen molar-refractivity contribution in [3.8, 4) is 0 Å². The number of benzene rings is 1. The van der Waals surface area contributed by atoms with Crippen LogP contribution in [-0.2, 0) is 0 Å². The first-order valence-electron chi connectivity index (χ1n) is 4.98. The number of aromatic carboxylic acids is 1. The fourth-order valence-corrected chi connectivity index (χ4v) is 1.29. The van der Waals surface area contributed by atoms with Gasteiger partial charge in [-0.05, 0) is 18.1 Å². The van der Waals surface area contributed by atoms with Gasteiger partial charge in [0.25, 0.3) is 0 Å². The van der Waals surface area contributed by atoms with Crippen LogP contribution in [0, 0.1) is 11.7 Å². The first-order valence-corrected chi connectivity index (χ1v) is 4.98. The molecule has 0 amide bonds. The van der Waals surface area contributed by atoms with Crippen LogP contribution in [-0.4, -0.2) is 17.6 Å². The van der Waals surface area contributed by atoms with Gasteiger partial charge in [0, 0.05) is 6.54 Å². The molecule has 16 heavy (non-hydrogen) atoms. The molecule has 1 aromatic rings. The Morgan fingerprint density at radius 3 is 2.69 bits per heavy atom. The highest BCUT2D eigenvalue weighted by Gasteiger charge is 2.17. The lowest BCUT2D eigenvalue weighted by atomic mass is 10.1. The number of nitrogens with two attached hydrogens (primary N) is 1. The Kier molecular flexibility index (Phi) is 3.71. The summed E-state index contributed by atoms with van der Waals surface area (Å²) in [5, 5.41) is 11.9. The molecule has 0 aliphatic rings. The monoisotopic (exact) mass is 226 g/mol. The average molecular weight is 226 g/mol. The first kappa shape index (κ1) is 12.3. The van der Waals surface area contributed by atoms with Crippen molar-refractivity contribution in [1.82, 2.24) is 0 Å².